The molecule has 0 bridgehead atoms. The van der Waals surface area contributed by atoms with Crippen molar-refractivity contribution in [2.75, 3.05) is 0 Å². The van der Waals surface area contributed by atoms with Gasteiger partial charge >= 0.3 is 0 Å². The highest BCUT2D eigenvalue weighted by molar-refractivity contribution is 5.82. The molecular weight excluding hydrogens is 332 g/mol. The summed E-state index contributed by atoms with van der Waals surface area (Å²) in [6.07, 6.45) is 4.65. The van der Waals surface area contributed by atoms with E-state index < -0.39 is 5.60 Å². The van der Waals surface area contributed by atoms with Crippen LogP contribution < -0.4 is 0 Å². The Hall–Kier alpha value is -2.79. The first-order valence-corrected chi connectivity index (χ1v) is 8.35. The SMILES string of the molecule is Cc1cc(O)c(C=O)c(C)c1CC[C@](C)(O)/C=C/c1cc(O)ccc1O. The topological polar surface area (TPSA) is 98.0 Å². The summed E-state index contributed by atoms with van der Waals surface area (Å²) >= 11 is 0. The first kappa shape index (κ1) is 19.5. The lowest BCUT2D eigenvalue weighted by Crippen LogP contribution is -2.22. The molecule has 0 aromatic heterocycles. The van der Waals surface area contributed by atoms with Crippen molar-refractivity contribution in [2.45, 2.75) is 39.2 Å². The van der Waals surface area contributed by atoms with Gasteiger partial charge in [-0.3, -0.25) is 4.79 Å². The van der Waals surface area contributed by atoms with Crippen LogP contribution in [0.5, 0.6) is 17.2 Å². The monoisotopic (exact) mass is 356 g/mol. The van der Waals surface area contributed by atoms with Gasteiger partial charge in [0.15, 0.2) is 6.29 Å². The number of carbonyl (C=O) groups is 1. The molecule has 5 nitrogen and oxygen atoms in total. The Bertz CT molecular complexity index is 850. The van der Waals surface area contributed by atoms with Crippen LogP contribution in [-0.4, -0.2) is 32.3 Å². The van der Waals surface area contributed by atoms with Crippen molar-refractivity contribution in [3.8, 4) is 17.2 Å². The van der Waals surface area contributed by atoms with Crippen molar-refractivity contribution in [1.82, 2.24) is 0 Å². The number of phenolic OH excluding ortho intramolecular Hbond substituents is 3. The summed E-state index contributed by atoms with van der Waals surface area (Å²) in [4.78, 5) is 11.2. The highest BCUT2D eigenvalue weighted by atomic mass is 16.3. The van der Waals surface area contributed by atoms with Crippen LogP contribution in [0.2, 0.25) is 0 Å². The summed E-state index contributed by atoms with van der Waals surface area (Å²) in [6.45, 7) is 5.28. The maximum Gasteiger partial charge on any atom is 0.154 e. The van der Waals surface area contributed by atoms with E-state index in [0.717, 1.165) is 11.1 Å². The Labute approximate surface area is 152 Å². The third kappa shape index (κ3) is 4.43. The number of aldehydes is 1. The van der Waals surface area contributed by atoms with Crippen LogP contribution in [0.1, 0.15) is 46.0 Å². The van der Waals surface area contributed by atoms with Gasteiger partial charge in [-0.15, -0.1) is 0 Å². The Morgan fingerprint density at radius 3 is 2.42 bits per heavy atom. The molecule has 0 radical (unpaired) electrons. The molecule has 2 aromatic rings. The molecule has 0 unspecified atom stereocenters. The number of carbonyl (C=O) groups excluding carboxylic acids is 1. The number of hydrogen-bond acceptors (Lipinski definition) is 5. The number of aliphatic hydroxyl groups is 1. The number of aryl methyl sites for hydroxylation is 1. The van der Waals surface area contributed by atoms with Gasteiger partial charge in [0.25, 0.3) is 0 Å². The van der Waals surface area contributed by atoms with E-state index in [0.29, 0.717) is 30.3 Å². The maximum absolute atomic E-state index is 11.2. The average Bonchev–Trinajstić information content (AvgIpc) is 2.55. The molecule has 0 amide bonds. The van der Waals surface area contributed by atoms with E-state index in [4.69, 9.17) is 0 Å². The summed E-state index contributed by atoms with van der Waals surface area (Å²) in [7, 11) is 0. The number of hydrogen-bond donors (Lipinski definition) is 4. The third-order valence-electron chi connectivity index (χ3n) is 4.59. The van der Waals surface area contributed by atoms with Gasteiger partial charge in [-0.25, -0.2) is 0 Å². The van der Waals surface area contributed by atoms with Crippen LogP contribution in [0.25, 0.3) is 6.08 Å². The Morgan fingerprint density at radius 2 is 1.77 bits per heavy atom. The quantitative estimate of drug-likeness (QED) is 0.468. The number of benzene rings is 2. The third-order valence-corrected chi connectivity index (χ3v) is 4.59. The molecule has 2 aromatic carbocycles. The van der Waals surface area contributed by atoms with Gasteiger partial charge in [0.2, 0.25) is 0 Å². The van der Waals surface area contributed by atoms with E-state index in [1.807, 2.05) is 6.92 Å². The molecule has 0 aliphatic rings. The Kier molecular flexibility index (Phi) is 5.73. The second-order valence-electron chi connectivity index (χ2n) is 6.78. The molecule has 4 N–H and O–H groups in total. The fourth-order valence-electron chi connectivity index (χ4n) is 2.96. The summed E-state index contributed by atoms with van der Waals surface area (Å²) in [5.74, 6) is -0.000655. The maximum atomic E-state index is 11.2. The molecule has 0 aliphatic carbocycles. The van der Waals surface area contributed by atoms with Gasteiger partial charge < -0.3 is 20.4 Å². The predicted molar refractivity (Wildman–Crippen MR) is 101 cm³/mol. The van der Waals surface area contributed by atoms with E-state index in [-0.39, 0.29) is 22.8 Å². The fraction of sp³-hybridized carbons (Fsp3) is 0.286. The summed E-state index contributed by atoms with van der Waals surface area (Å²) < 4.78 is 0. The first-order chi connectivity index (χ1) is 12.1. The second-order valence-corrected chi connectivity index (χ2v) is 6.78. The average molecular weight is 356 g/mol. The summed E-state index contributed by atoms with van der Waals surface area (Å²) in [5, 5.41) is 39.7. The zero-order valence-corrected chi connectivity index (χ0v) is 15.2. The normalized spacial score (nSPS) is 13.7. The van der Waals surface area contributed by atoms with Gasteiger partial charge in [-0.1, -0.05) is 12.2 Å². The highest BCUT2D eigenvalue weighted by Gasteiger charge is 2.19. The largest absolute Gasteiger partial charge is 0.508 e. The van der Waals surface area contributed by atoms with Gasteiger partial charge in [0.05, 0.1) is 11.2 Å². The lowest BCUT2D eigenvalue weighted by atomic mass is 9.89. The first-order valence-electron chi connectivity index (χ1n) is 8.35. The second kappa shape index (κ2) is 7.62. The molecule has 5 heteroatoms. The number of phenols is 3. The van der Waals surface area contributed by atoms with E-state index in [1.54, 1.807) is 32.1 Å². The van der Waals surface area contributed by atoms with Crippen molar-refractivity contribution in [3.63, 3.8) is 0 Å². The summed E-state index contributed by atoms with van der Waals surface area (Å²) in [5.41, 5.74) is 2.00. The van der Waals surface area contributed by atoms with Crippen molar-refractivity contribution < 1.29 is 25.2 Å². The zero-order valence-electron chi connectivity index (χ0n) is 15.2. The van der Waals surface area contributed by atoms with Crippen molar-refractivity contribution in [2.24, 2.45) is 0 Å². The van der Waals surface area contributed by atoms with Crippen LogP contribution in [0.15, 0.2) is 30.3 Å². The van der Waals surface area contributed by atoms with Crippen LogP contribution in [0.4, 0.5) is 0 Å². The van der Waals surface area contributed by atoms with Crippen molar-refractivity contribution in [3.05, 3.63) is 58.2 Å². The lowest BCUT2D eigenvalue weighted by Gasteiger charge is -2.21. The molecule has 1 atom stereocenters. The van der Waals surface area contributed by atoms with Gasteiger partial charge in [0, 0.05) is 5.56 Å². The van der Waals surface area contributed by atoms with Gasteiger partial charge in [-0.05, 0) is 74.6 Å². The highest BCUT2D eigenvalue weighted by Crippen LogP contribution is 2.29. The number of aromatic hydroxyl groups is 3. The molecule has 0 heterocycles. The zero-order chi connectivity index (χ0) is 19.5. The Balaban J connectivity index is 2.19. The molecule has 2 rings (SSSR count). The predicted octanol–water partition coefficient (Wildman–Crippen LogP) is 3.63. The Morgan fingerprint density at radius 1 is 1.08 bits per heavy atom. The number of rotatable bonds is 6. The molecule has 0 saturated carbocycles. The van der Waals surface area contributed by atoms with Crippen molar-refractivity contribution >= 4 is 12.4 Å². The molecule has 26 heavy (non-hydrogen) atoms. The molecule has 0 fully saturated rings. The minimum atomic E-state index is -1.16. The van der Waals surface area contributed by atoms with Gasteiger partial charge in [-0.2, -0.15) is 0 Å². The van der Waals surface area contributed by atoms with E-state index >= 15 is 0 Å². The molecule has 138 valence electrons. The van der Waals surface area contributed by atoms with Crippen LogP contribution in [0.3, 0.4) is 0 Å². The van der Waals surface area contributed by atoms with Crippen LogP contribution >= 0.6 is 0 Å². The lowest BCUT2D eigenvalue weighted by molar-refractivity contribution is 0.103. The fourth-order valence-corrected chi connectivity index (χ4v) is 2.96. The van der Waals surface area contributed by atoms with Gasteiger partial charge in [0.1, 0.15) is 17.2 Å². The smallest absolute Gasteiger partial charge is 0.154 e. The van der Waals surface area contributed by atoms with Crippen LogP contribution in [0, 0.1) is 13.8 Å². The van der Waals surface area contributed by atoms with E-state index in [1.165, 1.54) is 18.2 Å². The molecule has 0 aliphatic heterocycles. The van der Waals surface area contributed by atoms with Crippen molar-refractivity contribution in [1.29, 1.82) is 0 Å². The van der Waals surface area contributed by atoms with E-state index in [2.05, 4.69) is 0 Å². The minimum absolute atomic E-state index is 0.00991. The molecule has 0 saturated heterocycles. The molecule has 0 spiro atoms. The summed E-state index contributed by atoms with van der Waals surface area (Å²) in [6, 6.07) is 5.73. The van der Waals surface area contributed by atoms with E-state index in [9.17, 15) is 25.2 Å². The minimum Gasteiger partial charge on any atom is -0.508 e. The van der Waals surface area contributed by atoms with Crippen LogP contribution in [-0.2, 0) is 6.42 Å². The molecular formula is C21H24O5. The standard InChI is InChI=1S/C21H24O5/c1-13-10-20(25)18(12-22)14(2)17(13)7-9-21(3,26)8-6-15-11-16(23)4-5-19(15)24/h4-6,8,10-12,23-26H,7,9H2,1-3H3/b8-6+/t21-/m1/s1.